The minimum atomic E-state index is -3.65. The Labute approximate surface area is 178 Å². The molecule has 0 saturated carbocycles. The monoisotopic (exact) mass is 432 g/mol. The molecule has 1 aliphatic heterocycles. The maximum Gasteiger partial charge on any atom is 0.243 e. The van der Waals surface area contributed by atoms with Crippen molar-refractivity contribution >= 4 is 15.9 Å². The second-order valence-electron chi connectivity index (χ2n) is 7.42. The van der Waals surface area contributed by atoms with E-state index in [0.717, 1.165) is 11.3 Å². The van der Waals surface area contributed by atoms with Gasteiger partial charge in [0.1, 0.15) is 11.5 Å². The van der Waals surface area contributed by atoms with Crippen molar-refractivity contribution in [1.29, 1.82) is 0 Å². The fourth-order valence-electron chi connectivity index (χ4n) is 3.65. The van der Waals surface area contributed by atoms with Gasteiger partial charge in [0.05, 0.1) is 25.0 Å². The van der Waals surface area contributed by atoms with Gasteiger partial charge in [-0.05, 0) is 54.8 Å². The van der Waals surface area contributed by atoms with Crippen molar-refractivity contribution < 1.29 is 22.7 Å². The number of hydrogen-bond acceptors (Lipinski definition) is 5. The molecule has 0 N–H and O–H groups in total. The SMILES string of the molecule is COc1ccc(CN(C)C(=O)C2CCCN(S(=O)(=O)c3ccc(OC)cc3)C2)cc1. The van der Waals surface area contributed by atoms with Crippen LogP contribution in [0.5, 0.6) is 11.5 Å². The number of sulfonamides is 1. The van der Waals surface area contributed by atoms with E-state index >= 15 is 0 Å². The van der Waals surface area contributed by atoms with Crippen LogP contribution in [0.1, 0.15) is 18.4 Å². The molecule has 1 amide bonds. The molecule has 2 aromatic carbocycles. The highest BCUT2D eigenvalue weighted by molar-refractivity contribution is 7.89. The summed E-state index contributed by atoms with van der Waals surface area (Å²) in [4.78, 5) is 14.9. The van der Waals surface area contributed by atoms with Crippen molar-refractivity contribution in [3.63, 3.8) is 0 Å². The summed E-state index contributed by atoms with van der Waals surface area (Å²) in [5, 5.41) is 0. The molecule has 7 nitrogen and oxygen atoms in total. The van der Waals surface area contributed by atoms with Crippen LogP contribution in [0, 0.1) is 5.92 Å². The van der Waals surface area contributed by atoms with E-state index < -0.39 is 10.0 Å². The summed E-state index contributed by atoms with van der Waals surface area (Å²) in [5.74, 6) is 0.968. The van der Waals surface area contributed by atoms with Crippen molar-refractivity contribution in [3.05, 3.63) is 54.1 Å². The average molecular weight is 433 g/mol. The van der Waals surface area contributed by atoms with E-state index in [9.17, 15) is 13.2 Å². The quantitative estimate of drug-likeness (QED) is 0.673. The van der Waals surface area contributed by atoms with Crippen LogP contribution in [-0.4, -0.2) is 57.9 Å². The summed E-state index contributed by atoms with van der Waals surface area (Å²) in [6.45, 7) is 1.07. The topological polar surface area (TPSA) is 76.2 Å². The van der Waals surface area contributed by atoms with Gasteiger partial charge in [0.15, 0.2) is 0 Å². The smallest absolute Gasteiger partial charge is 0.243 e. The predicted octanol–water partition coefficient (Wildman–Crippen LogP) is 2.76. The van der Waals surface area contributed by atoms with Gasteiger partial charge in [0, 0.05) is 26.7 Å². The molecule has 1 fully saturated rings. The molecule has 1 unspecified atom stereocenters. The maximum atomic E-state index is 13.0. The second-order valence-corrected chi connectivity index (χ2v) is 9.36. The summed E-state index contributed by atoms with van der Waals surface area (Å²) < 4.78 is 37.7. The summed E-state index contributed by atoms with van der Waals surface area (Å²) in [7, 11) is 1.25. The fraction of sp³-hybridized carbons (Fsp3) is 0.409. The Bertz CT molecular complexity index is 958. The molecule has 1 atom stereocenters. The molecular formula is C22H28N2O5S. The Hall–Kier alpha value is -2.58. The van der Waals surface area contributed by atoms with Gasteiger partial charge in [-0.1, -0.05) is 12.1 Å². The van der Waals surface area contributed by atoms with Crippen molar-refractivity contribution in [2.24, 2.45) is 5.92 Å². The third-order valence-corrected chi connectivity index (χ3v) is 7.26. The molecule has 8 heteroatoms. The first-order chi connectivity index (χ1) is 14.3. The number of carbonyl (C=O) groups excluding carboxylic acids is 1. The van der Waals surface area contributed by atoms with E-state index in [4.69, 9.17) is 9.47 Å². The number of benzene rings is 2. The van der Waals surface area contributed by atoms with E-state index in [-0.39, 0.29) is 23.3 Å². The fourth-order valence-corrected chi connectivity index (χ4v) is 5.18. The van der Waals surface area contributed by atoms with Crippen LogP contribution in [0.3, 0.4) is 0 Å². The van der Waals surface area contributed by atoms with Crippen molar-refractivity contribution in [2.45, 2.75) is 24.3 Å². The van der Waals surface area contributed by atoms with Crippen LogP contribution in [0.15, 0.2) is 53.4 Å². The molecule has 0 radical (unpaired) electrons. The summed E-state index contributed by atoms with van der Waals surface area (Å²) >= 11 is 0. The molecule has 0 aromatic heterocycles. The van der Waals surface area contributed by atoms with Gasteiger partial charge in [0.25, 0.3) is 0 Å². The zero-order valence-corrected chi connectivity index (χ0v) is 18.4. The first kappa shape index (κ1) is 22.1. The Morgan fingerprint density at radius 2 is 1.60 bits per heavy atom. The van der Waals surface area contributed by atoms with Crippen molar-refractivity contribution in [2.75, 3.05) is 34.4 Å². The second kappa shape index (κ2) is 9.49. The molecule has 1 aliphatic rings. The van der Waals surface area contributed by atoms with Gasteiger partial charge in [-0.15, -0.1) is 0 Å². The molecule has 30 heavy (non-hydrogen) atoms. The van der Waals surface area contributed by atoms with Gasteiger partial charge in [-0.3, -0.25) is 4.79 Å². The number of ether oxygens (including phenoxy) is 2. The zero-order chi connectivity index (χ0) is 21.7. The third-order valence-electron chi connectivity index (χ3n) is 5.39. The van der Waals surface area contributed by atoms with E-state index in [1.165, 1.54) is 23.5 Å². The maximum absolute atomic E-state index is 13.0. The standard InChI is InChI=1S/C22H28N2O5S/c1-23(15-17-6-8-19(28-2)9-7-17)22(25)18-5-4-14-24(16-18)30(26,27)21-12-10-20(29-3)11-13-21/h6-13,18H,4-5,14-16H2,1-3H3. The van der Waals surface area contributed by atoms with Crippen LogP contribution in [0.4, 0.5) is 0 Å². The first-order valence-electron chi connectivity index (χ1n) is 9.87. The number of piperidine rings is 1. The van der Waals surface area contributed by atoms with Gasteiger partial charge < -0.3 is 14.4 Å². The van der Waals surface area contributed by atoms with Crippen LogP contribution >= 0.6 is 0 Å². The lowest BCUT2D eigenvalue weighted by Crippen LogP contribution is -2.45. The number of rotatable bonds is 7. The minimum Gasteiger partial charge on any atom is -0.497 e. The first-order valence-corrected chi connectivity index (χ1v) is 11.3. The lowest BCUT2D eigenvalue weighted by Gasteiger charge is -2.33. The number of nitrogens with zero attached hydrogens (tertiary/aromatic N) is 2. The van der Waals surface area contributed by atoms with Crippen molar-refractivity contribution in [1.82, 2.24) is 9.21 Å². The van der Waals surface area contributed by atoms with E-state index in [0.29, 0.717) is 31.7 Å². The summed E-state index contributed by atoms with van der Waals surface area (Å²) in [6, 6.07) is 13.9. The average Bonchev–Trinajstić information content (AvgIpc) is 2.79. The molecule has 1 heterocycles. The molecule has 3 rings (SSSR count). The number of methoxy groups -OCH3 is 2. The molecule has 0 aliphatic carbocycles. The highest BCUT2D eigenvalue weighted by Gasteiger charge is 2.34. The summed E-state index contributed by atoms with van der Waals surface area (Å²) in [6.07, 6.45) is 1.34. The van der Waals surface area contributed by atoms with E-state index in [2.05, 4.69) is 0 Å². The number of amides is 1. The van der Waals surface area contributed by atoms with Crippen LogP contribution in [0.2, 0.25) is 0 Å². The van der Waals surface area contributed by atoms with Gasteiger partial charge >= 0.3 is 0 Å². The molecule has 0 bridgehead atoms. The predicted molar refractivity (Wildman–Crippen MR) is 114 cm³/mol. The highest BCUT2D eigenvalue weighted by atomic mass is 32.2. The summed E-state index contributed by atoms with van der Waals surface area (Å²) in [5.41, 5.74) is 0.991. The zero-order valence-electron chi connectivity index (χ0n) is 17.6. The molecule has 1 saturated heterocycles. The van der Waals surface area contributed by atoms with Gasteiger partial charge in [0.2, 0.25) is 15.9 Å². The van der Waals surface area contributed by atoms with Crippen molar-refractivity contribution in [3.8, 4) is 11.5 Å². The van der Waals surface area contributed by atoms with Crippen LogP contribution in [-0.2, 0) is 21.4 Å². The largest absolute Gasteiger partial charge is 0.497 e. The molecule has 2 aromatic rings. The van der Waals surface area contributed by atoms with E-state index in [1.54, 1.807) is 31.2 Å². The van der Waals surface area contributed by atoms with Gasteiger partial charge in [-0.25, -0.2) is 8.42 Å². The van der Waals surface area contributed by atoms with Crippen LogP contribution in [0.25, 0.3) is 0 Å². The lowest BCUT2D eigenvalue weighted by atomic mass is 9.98. The third kappa shape index (κ3) is 4.94. The molecule has 162 valence electrons. The number of carbonyl (C=O) groups is 1. The van der Waals surface area contributed by atoms with Crippen LogP contribution < -0.4 is 9.47 Å². The Morgan fingerprint density at radius 1 is 1.03 bits per heavy atom. The normalized spacial score (nSPS) is 17.4. The molecule has 0 spiro atoms. The Morgan fingerprint density at radius 3 is 2.17 bits per heavy atom. The van der Waals surface area contributed by atoms with Gasteiger partial charge in [-0.2, -0.15) is 4.31 Å². The molecular weight excluding hydrogens is 404 g/mol. The Kier molecular flexibility index (Phi) is 6.99. The van der Waals surface area contributed by atoms with E-state index in [1.807, 2.05) is 24.3 Å². The Balaban J connectivity index is 1.67. The minimum absolute atomic E-state index is 0.0413. The number of hydrogen-bond donors (Lipinski definition) is 0. The highest BCUT2D eigenvalue weighted by Crippen LogP contribution is 2.26. The lowest BCUT2D eigenvalue weighted by molar-refractivity contribution is -0.135.